The molecule has 0 saturated carbocycles. The molecule has 0 fully saturated rings. The van der Waals surface area contributed by atoms with Crippen molar-refractivity contribution in [2.45, 2.75) is 34.2 Å². The first kappa shape index (κ1) is 15.4. The smallest absolute Gasteiger partial charge is 0.238 e. The molecule has 2 aromatic rings. The Labute approximate surface area is 125 Å². The van der Waals surface area contributed by atoms with Gasteiger partial charge in [0.15, 0.2) is 5.75 Å². The van der Waals surface area contributed by atoms with Crippen molar-refractivity contribution in [2.24, 2.45) is 13.0 Å². The molecule has 0 bridgehead atoms. The summed E-state index contributed by atoms with van der Waals surface area (Å²) in [4.78, 5) is 8.66. The van der Waals surface area contributed by atoms with Crippen molar-refractivity contribution >= 4 is 0 Å². The summed E-state index contributed by atoms with van der Waals surface area (Å²) in [5, 5.41) is 7.67. The van der Waals surface area contributed by atoms with Gasteiger partial charge >= 0.3 is 0 Å². The van der Waals surface area contributed by atoms with Gasteiger partial charge in [-0.1, -0.05) is 13.8 Å². The Morgan fingerprint density at radius 1 is 1.29 bits per heavy atom. The molecule has 0 aliphatic rings. The third kappa shape index (κ3) is 4.01. The molecule has 0 amide bonds. The molecule has 0 saturated heterocycles. The second-order valence-corrected chi connectivity index (χ2v) is 5.60. The summed E-state index contributed by atoms with van der Waals surface area (Å²) < 4.78 is 7.64. The molecule has 2 heterocycles. The number of nitrogens with zero attached hydrogens (tertiary/aromatic N) is 4. The predicted octanol–water partition coefficient (Wildman–Crippen LogP) is 2.36. The van der Waals surface area contributed by atoms with Crippen LogP contribution in [0, 0.1) is 19.8 Å². The first-order valence-corrected chi connectivity index (χ1v) is 7.17. The lowest BCUT2D eigenvalue weighted by atomic mass is 10.2. The van der Waals surface area contributed by atoms with Crippen molar-refractivity contribution in [3.63, 3.8) is 0 Å². The van der Waals surface area contributed by atoms with Crippen LogP contribution in [0.4, 0.5) is 0 Å². The van der Waals surface area contributed by atoms with Gasteiger partial charge in [0.05, 0.1) is 17.6 Å². The average Bonchev–Trinajstić information content (AvgIpc) is 2.66. The van der Waals surface area contributed by atoms with Crippen molar-refractivity contribution < 1.29 is 4.74 Å². The van der Waals surface area contributed by atoms with Crippen molar-refractivity contribution in [2.75, 3.05) is 6.54 Å². The minimum atomic E-state index is 0.498. The first-order chi connectivity index (χ1) is 9.97. The standard InChI is InChI=1S/C15H23N5O/c1-10(2)6-16-7-13-8-17-9-14(18-13)21-15-11(3)19-20(5)12(15)4/h8-10,16H,6-7H2,1-5H3. The molecule has 2 aromatic heterocycles. The number of aryl methyl sites for hydroxylation is 2. The van der Waals surface area contributed by atoms with Gasteiger partial charge in [0.25, 0.3) is 0 Å². The van der Waals surface area contributed by atoms with Crippen molar-refractivity contribution in [3.05, 3.63) is 29.5 Å². The van der Waals surface area contributed by atoms with E-state index in [1.807, 2.05) is 20.9 Å². The molecule has 0 aliphatic carbocycles. The van der Waals surface area contributed by atoms with Crippen molar-refractivity contribution in [1.82, 2.24) is 25.1 Å². The fourth-order valence-corrected chi connectivity index (χ4v) is 2.02. The Hall–Kier alpha value is -1.95. The van der Waals surface area contributed by atoms with E-state index in [0.29, 0.717) is 18.3 Å². The average molecular weight is 289 g/mol. The molecular weight excluding hydrogens is 266 g/mol. The Kier molecular flexibility index (Phi) is 4.90. The molecule has 21 heavy (non-hydrogen) atoms. The van der Waals surface area contributed by atoms with Gasteiger partial charge in [-0.15, -0.1) is 0 Å². The third-order valence-electron chi connectivity index (χ3n) is 3.17. The van der Waals surface area contributed by atoms with Crippen LogP contribution in [-0.2, 0) is 13.6 Å². The monoisotopic (exact) mass is 289 g/mol. The first-order valence-electron chi connectivity index (χ1n) is 7.17. The maximum Gasteiger partial charge on any atom is 0.238 e. The molecule has 6 nitrogen and oxygen atoms in total. The number of aromatic nitrogens is 4. The highest BCUT2D eigenvalue weighted by molar-refractivity contribution is 5.34. The Balaban J connectivity index is 2.07. The fourth-order valence-electron chi connectivity index (χ4n) is 2.02. The van der Waals surface area contributed by atoms with Gasteiger partial charge in [-0.2, -0.15) is 5.10 Å². The van der Waals surface area contributed by atoms with Crippen LogP contribution in [0.2, 0.25) is 0 Å². The van der Waals surface area contributed by atoms with Gasteiger partial charge in [0.1, 0.15) is 5.69 Å². The fraction of sp³-hybridized carbons (Fsp3) is 0.533. The summed E-state index contributed by atoms with van der Waals surface area (Å²) in [6.07, 6.45) is 3.38. The SMILES string of the molecule is Cc1nn(C)c(C)c1Oc1cncc(CNCC(C)C)n1. The maximum absolute atomic E-state index is 5.84. The highest BCUT2D eigenvalue weighted by Crippen LogP contribution is 2.26. The maximum atomic E-state index is 5.84. The molecule has 0 radical (unpaired) electrons. The minimum absolute atomic E-state index is 0.498. The molecular formula is C15H23N5O. The zero-order valence-corrected chi connectivity index (χ0v) is 13.3. The minimum Gasteiger partial charge on any atom is -0.434 e. The van der Waals surface area contributed by atoms with E-state index in [9.17, 15) is 0 Å². The van der Waals surface area contributed by atoms with Crippen LogP contribution in [0.3, 0.4) is 0 Å². The largest absolute Gasteiger partial charge is 0.434 e. The zero-order chi connectivity index (χ0) is 15.4. The quantitative estimate of drug-likeness (QED) is 0.884. The summed E-state index contributed by atoms with van der Waals surface area (Å²) in [5.74, 6) is 1.86. The summed E-state index contributed by atoms with van der Waals surface area (Å²) >= 11 is 0. The number of hydrogen-bond acceptors (Lipinski definition) is 5. The molecule has 0 aromatic carbocycles. The third-order valence-corrected chi connectivity index (χ3v) is 3.17. The van der Waals surface area contributed by atoms with E-state index in [2.05, 4.69) is 34.2 Å². The lowest BCUT2D eigenvalue weighted by Crippen LogP contribution is -2.19. The molecule has 0 atom stereocenters. The van der Waals surface area contributed by atoms with E-state index in [4.69, 9.17) is 4.74 Å². The second kappa shape index (κ2) is 6.67. The molecule has 0 unspecified atom stereocenters. The van der Waals surface area contributed by atoms with Crippen LogP contribution < -0.4 is 10.1 Å². The van der Waals surface area contributed by atoms with Gasteiger partial charge < -0.3 is 10.1 Å². The summed E-state index contributed by atoms with van der Waals surface area (Å²) in [6, 6.07) is 0. The second-order valence-electron chi connectivity index (χ2n) is 5.60. The molecule has 0 spiro atoms. The summed E-state index contributed by atoms with van der Waals surface area (Å²) in [6.45, 7) is 9.87. The van der Waals surface area contributed by atoms with Gasteiger partial charge in [0.2, 0.25) is 5.88 Å². The lowest BCUT2D eigenvalue weighted by Gasteiger charge is -2.08. The molecule has 2 rings (SSSR count). The Morgan fingerprint density at radius 2 is 2.05 bits per heavy atom. The zero-order valence-electron chi connectivity index (χ0n) is 13.3. The normalized spacial score (nSPS) is 11.1. The number of hydrogen-bond donors (Lipinski definition) is 1. The van der Waals surface area contributed by atoms with E-state index in [0.717, 1.165) is 29.4 Å². The van der Waals surface area contributed by atoms with Crippen LogP contribution in [0.1, 0.15) is 30.9 Å². The van der Waals surface area contributed by atoms with E-state index in [1.54, 1.807) is 17.1 Å². The van der Waals surface area contributed by atoms with Crippen LogP contribution in [-0.4, -0.2) is 26.3 Å². The number of ether oxygens (including phenoxy) is 1. The highest BCUT2D eigenvalue weighted by atomic mass is 16.5. The predicted molar refractivity (Wildman–Crippen MR) is 81.3 cm³/mol. The van der Waals surface area contributed by atoms with Crippen LogP contribution in [0.5, 0.6) is 11.6 Å². The van der Waals surface area contributed by atoms with E-state index < -0.39 is 0 Å². The Bertz CT molecular complexity index is 606. The molecule has 114 valence electrons. The summed E-state index contributed by atoms with van der Waals surface area (Å²) in [7, 11) is 1.90. The molecule has 0 aliphatic heterocycles. The van der Waals surface area contributed by atoms with Crippen LogP contribution in [0.15, 0.2) is 12.4 Å². The van der Waals surface area contributed by atoms with Gasteiger partial charge in [0, 0.05) is 19.8 Å². The molecule has 1 N–H and O–H groups in total. The lowest BCUT2D eigenvalue weighted by molar-refractivity contribution is 0.448. The number of rotatable bonds is 6. The van der Waals surface area contributed by atoms with Crippen LogP contribution in [0.25, 0.3) is 0 Å². The van der Waals surface area contributed by atoms with Gasteiger partial charge in [-0.25, -0.2) is 4.98 Å². The highest BCUT2D eigenvalue weighted by Gasteiger charge is 2.12. The van der Waals surface area contributed by atoms with Crippen LogP contribution >= 0.6 is 0 Å². The van der Waals surface area contributed by atoms with Crippen molar-refractivity contribution in [3.8, 4) is 11.6 Å². The molecule has 6 heteroatoms. The number of nitrogens with one attached hydrogen (secondary N) is 1. The van der Waals surface area contributed by atoms with E-state index in [-0.39, 0.29) is 0 Å². The van der Waals surface area contributed by atoms with E-state index in [1.165, 1.54) is 0 Å². The van der Waals surface area contributed by atoms with Crippen molar-refractivity contribution in [1.29, 1.82) is 0 Å². The van der Waals surface area contributed by atoms with Gasteiger partial charge in [-0.05, 0) is 26.3 Å². The summed E-state index contributed by atoms with van der Waals surface area (Å²) in [5.41, 5.74) is 2.69. The van der Waals surface area contributed by atoms with E-state index >= 15 is 0 Å². The Morgan fingerprint density at radius 3 is 2.67 bits per heavy atom. The van der Waals surface area contributed by atoms with Gasteiger partial charge in [-0.3, -0.25) is 9.67 Å². The topological polar surface area (TPSA) is 64.9 Å².